The molecule has 0 saturated heterocycles. The molecule has 2 N–H and O–H groups in total. The van der Waals surface area contributed by atoms with Crippen LogP contribution >= 0.6 is 11.8 Å². The van der Waals surface area contributed by atoms with E-state index in [-0.39, 0.29) is 0 Å². The highest BCUT2D eigenvalue weighted by Gasteiger charge is 1.96. The van der Waals surface area contributed by atoms with Crippen LogP contribution in [0, 0.1) is 0 Å². The first-order valence-electron chi connectivity index (χ1n) is 4.50. The van der Waals surface area contributed by atoms with Gasteiger partial charge >= 0.3 is 0 Å². The third-order valence-electron chi connectivity index (χ3n) is 1.50. The summed E-state index contributed by atoms with van der Waals surface area (Å²) in [5.41, 5.74) is 5.63. The van der Waals surface area contributed by atoms with Crippen LogP contribution in [-0.2, 0) is 0 Å². The van der Waals surface area contributed by atoms with Crippen molar-refractivity contribution in [3.63, 3.8) is 0 Å². The van der Waals surface area contributed by atoms with Gasteiger partial charge < -0.3 is 5.73 Å². The van der Waals surface area contributed by atoms with Crippen LogP contribution in [0.4, 0.5) is 0 Å². The van der Waals surface area contributed by atoms with Crippen molar-refractivity contribution in [2.45, 2.75) is 51.3 Å². The molecule has 0 aromatic rings. The Labute approximate surface area is 75.1 Å². The zero-order valence-corrected chi connectivity index (χ0v) is 8.79. The Kier molecular flexibility index (Phi) is 7.18. The van der Waals surface area contributed by atoms with Gasteiger partial charge in [0.1, 0.15) is 0 Å². The van der Waals surface area contributed by atoms with Gasteiger partial charge in [-0.1, -0.05) is 20.3 Å². The van der Waals surface area contributed by atoms with Gasteiger partial charge in [-0.2, -0.15) is 11.8 Å². The van der Waals surface area contributed by atoms with Crippen LogP contribution in [0.2, 0.25) is 0 Å². The van der Waals surface area contributed by atoms with Gasteiger partial charge in [0.2, 0.25) is 0 Å². The number of rotatable bonds is 6. The van der Waals surface area contributed by atoms with Crippen LogP contribution < -0.4 is 5.73 Å². The van der Waals surface area contributed by atoms with Gasteiger partial charge in [-0.15, -0.1) is 0 Å². The molecule has 0 heterocycles. The maximum Gasteiger partial charge on any atom is 0.00104 e. The lowest BCUT2D eigenvalue weighted by Gasteiger charge is -2.05. The summed E-state index contributed by atoms with van der Waals surface area (Å²) in [5, 5.41) is 0.783. The molecule has 11 heavy (non-hydrogen) atoms. The summed E-state index contributed by atoms with van der Waals surface area (Å²) >= 11 is 2.04. The molecule has 1 unspecified atom stereocenters. The van der Waals surface area contributed by atoms with Crippen LogP contribution in [0.3, 0.4) is 0 Å². The molecule has 0 aliphatic rings. The van der Waals surface area contributed by atoms with Crippen molar-refractivity contribution >= 4 is 11.8 Å². The molecule has 0 aromatic carbocycles. The average Bonchev–Trinajstić information content (AvgIpc) is 1.85. The summed E-state index contributed by atoms with van der Waals surface area (Å²) in [4.78, 5) is 0. The van der Waals surface area contributed by atoms with E-state index in [1.54, 1.807) is 0 Å². The van der Waals surface area contributed by atoms with Crippen molar-refractivity contribution in [3.05, 3.63) is 0 Å². The number of nitrogens with two attached hydrogens (primary N) is 1. The van der Waals surface area contributed by atoms with Crippen molar-refractivity contribution in [2.24, 2.45) is 5.73 Å². The smallest absolute Gasteiger partial charge is 0.00104 e. The third kappa shape index (κ3) is 10.3. The predicted molar refractivity (Wildman–Crippen MR) is 55.1 cm³/mol. The number of unbranched alkanes of at least 4 members (excludes halogenated alkanes) is 1. The normalized spacial score (nSPS) is 13.9. The minimum Gasteiger partial charge on any atom is -0.328 e. The Morgan fingerprint density at radius 2 is 1.82 bits per heavy atom. The molecule has 0 spiro atoms. The van der Waals surface area contributed by atoms with Gasteiger partial charge in [-0.25, -0.2) is 0 Å². The lowest BCUT2D eigenvalue weighted by Crippen LogP contribution is -2.14. The summed E-state index contributed by atoms with van der Waals surface area (Å²) < 4.78 is 0. The second-order valence-electron chi connectivity index (χ2n) is 3.39. The second-order valence-corrected chi connectivity index (χ2v) is 5.08. The van der Waals surface area contributed by atoms with Gasteiger partial charge in [-0.05, 0) is 30.8 Å². The molecule has 0 aliphatic heterocycles. The lowest BCUT2D eigenvalue weighted by atomic mass is 10.2. The molecule has 0 bridgehead atoms. The quantitative estimate of drug-likeness (QED) is 0.628. The van der Waals surface area contributed by atoms with Crippen molar-refractivity contribution in [1.29, 1.82) is 0 Å². The molecule has 0 radical (unpaired) electrons. The SMILES string of the molecule is CC(N)CCCCSC(C)C. The fourth-order valence-electron chi connectivity index (χ4n) is 0.887. The molecule has 2 heteroatoms. The minimum absolute atomic E-state index is 0.388. The monoisotopic (exact) mass is 175 g/mol. The minimum atomic E-state index is 0.388. The van der Waals surface area contributed by atoms with E-state index in [1.807, 2.05) is 11.8 Å². The highest BCUT2D eigenvalue weighted by atomic mass is 32.2. The van der Waals surface area contributed by atoms with E-state index >= 15 is 0 Å². The number of hydrogen-bond donors (Lipinski definition) is 1. The lowest BCUT2D eigenvalue weighted by molar-refractivity contribution is 0.618. The van der Waals surface area contributed by atoms with Crippen LogP contribution in [0.5, 0.6) is 0 Å². The first kappa shape index (κ1) is 11.3. The molecule has 0 amide bonds. The molecular weight excluding hydrogens is 154 g/mol. The van der Waals surface area contributed by atoms with Gasteiger partial charge in [0.05, 0.1) is 0 Å². The molecule has 0 fully saturated rings. The first-order valence-corrected chi connectivity index (χ1v) is 5.55. The molecule has 0 rings (SSSR count). The van der Waals surface area contributed by atoms with Crippen LogP contribution in [0.25, 0.3) is 0 Å². The van der Waals surface area contributed by atoms with E-state index in [9.17, 15) is 0 Å². The number of thioether (sulfide) groups is 1. The van der Waals surface area contributed by atoms with E-state index in [1.165, 1.54) is 25.0 Å². The topological polar surface area (TPSA) is 26.0 Å². The molecule has 0 saturated carbocycles. The highest BCUT2D eigenvalue weighted by molar-refractivity contribution is 7.99. The Hall–Kier alpha value is 0.310. The predicted octanol–water partition coefficient (Wildman–Crippen LogP) is 2.65. The fraction of sp³-hybridized carbons (Fsp3) is 1.00. The van der Waals surface area contributed by atoms with Crippen molar-refractivity contribution in [1.82, 2.24) is 0 Å². The van der Waals surface area contributed by atoms with Crippen molar-refractivity contribution < 1.29 is 0 Å². The molecule has 1 atom stereocenters. The van der Waals surface area contributed by atoms with Gasteiger partial charge in [0.25, 0.3) is 0 Å². The molecule has 68 valence electrons. The van der Waals surface area contributed by atoms with E-state index in [2.05, 4.69) is 20.8 Å². The fourth-order valence-corrected chi connectivity index (χ4v) is 1.73. The summed E-state index contributed by atoms with van der Waals surface area (Å²) in [5.74, 6) is 1.30. The van der Waals surface area contributed by atoms with Gasteiger partial charge in [0, 0.05) is 6.04 Å². The molecule has 0 aromatic heterocycles. The number of hydrogen-bond acceptors (Lipinski definition) is 2. The summed E-state index contributed by atoms with van der Waals surface area (Å²) in [7, 11) is 0. The maximum atomic E-state index is 5.63. The van der Waals surface area contributed by atoms with E-state index in [0.29, 0.717) is 6.04 Å². The van der Waals surface area contributed by atoms with E-state index in [4.69, 9.17) is 5.73 Å². The standard InChI is InChI=1S/C9H21NS/c1-8(2)11-7-5-4-6-9(3)10/h8-9H,4-7,10H2,1-3H3. The molecule has 1 nitrogen and oxygen atoms in total. The zero-order chi connectivity index (χ0) is 8.69. The molecular formula is C9H21NS. The first-order chi connectivity index (χ1) is 5.13. The Morgan fingerprint density at radius 3 is 2.27 bits per heavy atom. The average molecular weight is 175 g/mol. The summed E-state index contributed by atoms with van der Waals surface area (Å²) in [6, 6.07) is 0.388. The largest absolute Gasteiger partial charge is 0.328 e. The third-order valence-corrected chi connectivity index (χ3v) is 2.70. The molecule has 0 aliphatic carbocycles. The van der Waals surface area contributed by atoms with Gasteiger partial charge in [-0.3, -0.25) is 0 Å². The Bertz CT molecular complexity index is 71.6. The Morgan fingerprint density at radius 1 is 1.18 bits per heavy atom. The van der Waals surface area contributed by atoms with E-state index in [0.717, 1.165) is 5.25 Å². The second kappa shape index (κ2) is 6.99. The Balaban J connectivity index is 2.91. The highest BCUT2D eigenvalue weighted by Crippen LogP contribution is 2.12. The van der Waals surface area contributed by atoms with Crippen LogP contribution in [0.1, 0.15) is 40.0 Å². The van der Waals surface area contributed by atoms with Crippen molar-refractivity contribution in [3.8, 4) is 0 Å². The van der Waals surface area contributed by atoms with Crippen LogP contribution in [0.15, 0.2) is 0 Å². The van der Waals surface area contributed by atoms with Crippen LogP contribution in [-0.4, -0.2) is 17.0 Å². The summed E-state index contributed by atoms with van der Waals surface area (Å²) in [6.07, 6.45) is 3.79. The maximum absolute atomic E-state index is 5.63. The van der Waals surface area contributed by atoms with Gasteiger partial charge in [0.15, 0.2) is 0 Å². The zero-order valence-electron chi connectivity index (χ0n) is 7.97. The van der Waals surface area contributed by atoms with Crippen molar-refractivity contribution in [2.75, 3.05) is 5.75 Å². The summed E-state index contributed by atoms with van der Waals surface area (Å²) in [6.45, 7) is 6.57. The van der Waals surface area contributed by atoms with E-state index < -0.39 is 0 Å².